The number of aliphatic imine (C=N–C) groups is 1. The van der Waals surface area contributed by atoms with Gasteiger partial charge in [-0.05, 0) is 39.9 Å². The SMILES string of the molecule is Clc1cccc(C=NC2c3ccccc3-c3ccccc32)c1. The molecule has 0 aliphatic heterocycles. The molecule has 0 heterocycles. The molecule has 0 aromatic heterocycles. The van der Waals surface area contributed by atoms with Gasteiger partial charge in [-0.25, -0.2) is 0 Å². The Balaban J connectivity index is 1.79. The maximum absolute atomic E-state index is 6.04. The highest BCUT2D eigenvalue weighted by atomic mass is 35.5. The van der Waals surface area contributed by atoms with Gasteiger partial charge in [0.25, 0.3) is 0 Å². The Morgan fingerprint density at radius 1 is 0.773 bits per heavy atom. The zero-order valence-electron chi connectivity index (χ0n) is 11.9. The van der Waals surface area contributed by atoms with E-state index in [2.05, 4.69) is 48.5 Å². The smallest absolute Gasteiger partial charge is 0.101 e. The molecule has 0 bridgehead atoms. The lowest BCUT2D eigenvalue weighted by Gasteiger charge is -2.07. The molecule has 106 valence electrons. The van der Waals surface area contributed by atoms with Gasteiger partial charge in [-0.1, -0.05) is 72.3 Å². The van der Waals surface area contributed by atoms with Gasteiger partial charge >= 0.3 is 0 Å². The van der Waals surface area contributed by atoms with Crippen LogP contribution in [0.15, 0.2) is 77.8 Å². The Morgan fingerprint density at radius 2 is 1.41 bits per heavy atom. The summed E-state index contributed by atoms with van der Waals surface area (Å²) in [6, 6.07) is 24.8. The molecule has 0 atom stereocenters. The van der Waals surface area contributed by atoms with Gasteiger partial charge in [0, 0.05) is 11.2 Å². The summed E-state index contributed by atoms with van der Waals surface area (Å²) in [5, 5.41) is 0.733. The Hall–Kier alpha value is -2.38. The number of benzene rings is 3. The molecule has 0 amide bonds. The fourth-order valence-corrected chi connectivity index (χ4v) is 3.24. The van der Waals surface area contributed by atoms with Crippen molar-refractivity contribution < 1.29 is 0 Å². The first kappa shape index (κ1) is 13.3. The molecule has 0 N–H and O–H groups in total. The van der Waals surface area contributed by atoms with Gasteiger partial charge in [0.2, 0.25) is 0 Å². The normalized spacial score (nSPS) is 13.3. The van der Waals surface area contributed by atoms with Crippen LogP contribution in [0.5, 0.6) is 0 Å². The third-order valence-corrected chi connectivity index (χ3v) is 4.26. The molecule has 1 aliphatic carbocycles. The Labute approximate surface area is 134 Å². The summed E-state index contributed by atoms with van der Waals surface area (Å²) in [7, 11) is 0. The van der Waals surface area contributed by atoms with Crippen molar-refractivity contribution in [3.63, 3.8) is 0 Å². The van der Waals surface area contributed by atoms with Crippen molar-refractivity contribution >= 4 is 17.8 Å². The van der Waals surface area contributed by atoms with E-state index < -0.39 is 0 Å². The Kier molecular flexibility index (Phi) is 3.28. The lowest BCUT2D eigenvalue weighted by atomic mass is 10.1. The standard InChI is InChI=1S/C20H14ClN/c21-15-7-5-6-14(12-15)13-22-20-18-10-3-1-8-16(18)17-9-2-4-11-19(17)20/h1-13,20H. The fourth-order valence-electron chi connectivity index (χ4n) is 3.04. The third-order valence-electron chi connectivity index (χ3n) is 4.02. The van der Waals surface area contributed by atoms with Crippen LogP contribution in [-0.2, 0) is 0 Å². The minimum Gasteiger partial charge on any atom is -0.280 e. The van der Waals surface area contributed by atoms with Crippen LogP contribution in [0.1, 0.15) is 22.7 Å². The number of hydrogen-bond donors (Lipinski definition) is 0. The average molecular weight is 304 g/mol. The Morgan fingerprint density at radius 3 is 2.05 bits per heavy atom. The molecule has 1 aliphatic rings. The van der Waals surface area contributed by atoms with E-state index in [1.165, 1.54) is 22.3 Å². The van der Waals surface area contributed by atoms with Crippen LogP contribution in [-0.4, -0.2) is 6.21 Å². The summed E-state index contributed by atoms with van der Waals surface area (Å²) in [5.74, 6) is 0. The molecule has 1 nitrogen and oxygen atoms in total. The fraction of sp³-hybridized carbons (Fsp3) is 0.0500. The topological polar surface area (TPSA) is 12.4 Å². The van der Waals surface area contributed by atoms with Gasteiger partial charge in [-0.3, -0.25) is 4.99 Å². The molecule has 0 fully saturated rings. The van der Waals surface area contributed by atoms with E-state index in [1.54, 1.807) is 0 Å². The molecule has 3 aromatic carbocycles. The second-order valence-electron chi connectivity index (χ2n) is 5.41. The molecule has 0 spiro atoms. The van der Waals surface area contributed by atoms with E-state index in [0.717, 1.165) is 10.6 Å². The van der Waals surface area contributed by atoms with Crippen molar-refractivity contribution in [2.45, 2.75) is 6.04 Å². The van der Waals surface area contributed by atoms with Crippen molar-refractivity contribution in [2.75, 3.05) is 0 Å². The van der Waals surface area contributed by atoms with Gasteiger partial charge < -0.3 is 0 Å². The quantitative estimate of drug-likeness (QED) is 0.552. The average Bonchev–Trinajstić information content (AvgIpc) is 2.87. The second-order valence-corrected chi connectivity index (χ2v) is 5.85. The lowest BCUT2D eigenvalue weighted by molar-refractivity contribution is 0.908. The van der Waals surface area contributed by atoms with Crippen LogP contribution in [0.4, 0.5) is 0 Å². The van der Waals surface area contributed by atoms with Crippen LogP contribution in [0.25, 0.3) is 11.1 Å². The van der Waals surface area contributed by atoms with Gasteiger partial charge in [0.15, 0.2) is 0 Å². The highest BCUT2D eigenvalue weighted by Crippen LogP contribution is 2.44. The van der Waals surface area contributed by atoms with Gasteiger partial charge in [-0.15, -0.1) is 0 Å². The number of halogens is 1. The minimum absolute atomic E-state index is 0.0615. The van der Waals surface area contributed by atoms with Crippen LogP contribution < -0.4 is 0 Å². The van der Waals surface area contributed by atoms with E-state index in [0.29, 0.717) is 0 Å². The molecule has 0 saturated heterocycles. The molecule has 0 radical (unpaired) electrons. The molecule has 0 saturated carbocycles. The number of rotatable bonds is 2. The summed E-state index contributed by atoms with van der Waals surface area (Å²) in [4.78, 5) is 4.83. The van der Waals surface area contributed by atoms with Crippen molar-refractivity contribution in [1.82, 2.24) is 0 Å². The van der Waals surface area contributed by atoms with Crippen LogP contribution in [0.2, 0.25) is 5.02 Å². The van der Waals surface area contributed by atoms with E-state index in [-0.39, 0.29) is 6.04 Å². The highest BCUT2D eigenvalue weighted by Gasteiger charge is 2.26. The van der Waals surface area contributed by atoms with Crippen LogP contribution in [0, 0.1) is 0 Å². The summed E-state index contributed by atoms with van der Waals surface area (Å²) >= 11 is 6.04. The highest BCUT2D eigenvalue weighted by molar-refractivity contribution is 6.30. The van der Waals surface area contributed by atoms with Gasteiger partial charge in [0.1, 0.15) is 6.04 Å². The molecule has 2 heteroatoms. The number of nitrogens with zero attached hydrogens (tertiary/aromatic N) is 1. The van der Waals surface area contributed by atoms with E-state index in [1.807, 2.05) is 30.5 Å². The maximum atomic E-state index is 6.04. The van der Waals surface area contributed by atoms with Crippen molar-refractivity contribution in [3.05, 3.63) is 94.5 Å². The third kappa shape index (κ3) is 2.24. The summed E-state index contributed by atoms with van der Waals surface area (Å²) < 4.78 is 0. The van der Waals surface area contributed by atoms with Crippen molar-refractivity contribution in [1.29, 1.82) is 0 Å². The number of hydrogen-bond acceptors (Lipinski definition) is 1. The molecule has 22 heavy (non-hydrogen) atoms. The molecule has 3 aromatic rings. The number of fused-ring (bicyclic) bond motifs is 3. The molecule has 4 rings (SSSR count). The first-order valence-electron chi connectivity index (χ1n) is 7.30. The molecular weight excluding hydrogens is 290 g/mol. The second kappa shape index (κ2) is 5.43. The zero-order valence-corrected chi connectivity index (χ0v) is 12.7. The minimum atomic E-state index is 0.0615. The predicted octanol–water partition coefficient (Wildman–Crippen LogP) is 5.53. The predicted molar refractivity (Wildman–Crippen MR) is 92.8 cm³/mol. The van der Waals surface area contributed by atoms with Crippen molar-refractivity contribution in [2.24, 2.45) is 4.99 Å². The van der Waals surface area contributed by atoms with Crippen molar-refractivity contribution in [3.8, 4) is 11.1 Å². The first-order chi connectivity index (χ1) is 10.8. The van der Waals surface area contributed by atoms with E-state index >= 15 is 0 Å². The van der Waals surface area contributed by atoms with Crippen LogP contribution >= 0.6 is 11.6 Å². The largest absolute Gasteiger partial charge is 0.280 e. The lowest BCUT2D eigenvalue weighted by Crippen LogP contribution is -1.94. The van der Waals surface area contributed by atoms with E-state index in [9.17, 15) is 0 Å². The summed E-state index contributed by atoms with van der Waals surface area (Å²) in [5.41, 5.74) is 6.12. The van der Waals surface area contributed by atoms with Crippen LogP contribution in [0.3, 0.4) is 0 Å². The zero-order chi connectivity index (χ0) is 14.9. The summed E-state index contributed by atoms with van der Waals surface area (Å²) in [6.07, 6.45) is 1.91. The van der Waals surface area contributed by atoms with Gasteiger partial charge in [0.05, 0.1) is 0 Å². The van der Waals surface area contributed by atoms with E-state index in [4.69, 9.17) is 16.6 Å². The first-order valence-corrected chi connectivity index (χ1v) is 7.68. The molecule has 0 unspecified atom stereocenters. The Bertz CT molecular complexity index is 821. The molecular formula is C20H14ClN. The van der Waals surface area contributed by atoms with Gasteiger partial charge in [-0.2, -0.15) is 0 Å². The monoisotopic (exact) mass is 303 g/mol. The summed E-state index contributed by atoms with van der Waals surface area (Å²) in [6.45, 7) is 0. The maximum Gasteiger partial charge on any atom is 0.101 e.